The van der Waals surface area contributed by atoms with Gasteiger partial charge in [0, 0.05) is 18.0 Å². The number of hydrogen-bond acceptors (Lipinski definition) is 9. The smallest absolute Gasteiger partial charge is 0.390 e. The maximum absolute atomic E-state index is 12.2. The predicted molar refractivity (Wildman–Crippen MR) is 85.5 cm³/mol. The van der Waals surface area contributed by atoms with Crippen LogP contribution in [0.3, 0.4) is 0 Å². The summed E-state index contributed by atoms with van der Waals surface area (Å²) in [4.78, 5) is 37.3. The van der Waals surface area contributed by atoms with E-state index in [-0.39, 0.29) is 23.4 Å². The molecule has 1 fully saturated rings. The molecule has 0 bridgehead atoms. The summed E-state index contributed by atoms with van der Waals surface area (Å²) in [6.07, 6.45) is -1.72. The number of phosphoric acid groups is 1. The fourth-order valence-corrected chi connectivity index (χ4v) is 2.91. The monoisotopic (exact) mass is 383 g/mol. The van der Waals surface area contributed by atoms with E-state index in [1.807, 2.05) is 6.07 Å². The van der Waals surface area contributed by atoms with E-state index in [1.54, 1.807) is 0 Å². The Labute approximate surface area is 145 Å². The van der Waals surface area contributed by atoms with E-state index in [0.717, 1.165) is 4.57 Å². The summed E-state index contributed by atoms with van der Waals surface area (Å²) < 4.78 is 21.7. The first kappa shape index (κ1) is 18.4. The van der Waals surface area contributed by atoms with Crippen LogP contribution in [0.2, 0.25) is 0 Å². The minimum Gasteiger partial charge on any atom is -0.390 e. The summed E-state index contributed by atoms with van der Waals surface area (Å²) >= 11 is 0. The minimum atomic E-state index is -4.72. The minimum absolute atomic E-state index is 0.0181. The van der Waals surface area contributed by atoms with Crippen molar-refractivity contribution in [2.24, 2.45) is 0 Å². The number of aromatic nitrogens is 3. The van der Waals surface area contributed by atoms with Crippen LogP contribution >= 0.6 is 7.82 Å². The molecule has 3 atom stereocenters. The average Bonchev–Trinajstić information content (AvgIpc) is 2.92. The summed E-state index contributed by atoms with van der Waals surface area (Å²) in [6, 6.07) is 3.29. The molecular weight excluding hydrogens is 369 g/mol. The zero-order chi connectivity index (χ0) is 19.1. The Kier molecular flexibility index (Phi) is 4.76. The molecule has 13 heteroatoms. The number of phosphoric ester groups is 1. The second-order valence-corrected chi connectivity index (χ2v) is 6.83. The molecule has 0 saturated carbocycles. The highest BCUT2D eigenvalue weighted by Crippen LogP contribution is 2.38. The quantitative estimate of drug-likeness (QED) is 0.473. The van der Waals surface area contributed by atoms with E-state index in [4.69, 9.17) is 25.5 Å². The van der Waals surface area contributed by atoms with Crippen molar-refractivity contribution >= 4 is 24.7 Å². The van der Waals surface area contributed by atoms with Gasteiger partial charge in [-0.3, -0.25) is 9.09 Å². The summed E-state index contributed by atoms with van der Waals surface area (Å²) in [6.45, 7) is -0.547. The molecule has 1 aliphatic heterocycles. The van der Waals surface area contributed by atoms with Gasteiger partial charge in [-0.2, -0.15) is 10.2 Å². The number of nitrogens with zero attached hydrogens (tertiary/aromatic N) is 4. The molecule has 0 aromatic carbocycles. The van der Waals surface area contributed by atoms with Crippen molar-refractivity contribution in [1.82, 2.24) is 14.5 Å². The number of ether oxygens (including phenoxy) is 1. The molecule has 26 heavy (non-hydrogen) atoms. The summed E-state index contributed by atoms with van der Waals surface area (Å²) in [5.41, 5.74) is 5.05. The number of nitrogens with two attached hydrogens (primary N) is 1. The molecule has 5 N–H and O–H groups in total. The van der Waals surface area contributed by atoms with Gasteiger partial charge in [0.05, 0.1) is 18.3 Å². The lowest BCUT2D eigenvalue weighted by molar-refractivity contribution is -0.0449. The Bertz CT molecular complexity index is 997. The lowest BCUT2D eigenvalue weighted by atomic mass is 10.2. The predicted octanol–water partition coefficient (Wildman–Crippen LogP) is -0.997. The zero-order valence-corrected chi connectivity index (χ0v) is 14.0. The molecule has 3 heterocycles. The molecule has 0 amide bonds. The standard InChI is InChI=1S/C13H14N5O7P/c14-3-6-1-7-4-18(13(20)17-12(7)16-11(6)15)10-2-8(19)9(25-10)5-24-26(21,22)23/h1,4,8-10,19H,2,5H2,(H2,21,22,23)(H2,15,16,17,20)/t8-,9+,10+/m0/s1. The third-order valence-corrected chi connectivity index (χ3v) is 4.29. The van der Waals surface area contributed by atoms with Crippen LogP contribution in [0, 0.1) is 11.3 Å². The first-order chi connectivity index (χ1) is 12.2. The molecule has 0 spiro atoms. The van der Waals surface area contributed by atoms with Gasteiger partial charge >= 0.3 is 13.5 Å². The molecule has 2 aromatic heterocycles. The highest BCUT2D eigenvalue weighted by atomic mass is 31.2. The summed E-state index contributed by atoms with van der Waals surface area (Å²) in [5, 5.41) is 19.4. The number of rotatable bonds is 4. The van der Waals surface area contributed by atoms with Crippen molar-refractivity contribution in [2.45, 2.75) is 24.9 Å². The first-order valence-electron chi connectivity index (χ1n) is 7.31. The van der Waals surface area contributed by atoms with Gasteiger partial charge in [-0.25, -0.2) is 14.3 Å². The van der Waals surface area contributed by atoms with Gasteiger partial charge in [-0.1, -0.05) is 0 Å². The van der Waals surface area contributed by atoms with Gasteiger partial charge in [0.25, 0.3) is 0 Å². The molecule has 138 valence electrons. The fraction of sp³-hybridized carbons (Fsp3) is 0.385. The highest BCUT2D eigenvalue weighted by molar-refractivity contribution is 7.46. The number of nitrogen functional groups attached to an aromatic ring is 1. The molecule has 12 nitrogen and oxygen atoms in total. The van der Waals surface area contributed by atoms with Crippen LogP contribution in [0.25, 0.3) is 11.0 Å². The van der Waals surface area contributed by atoms with Crippen LogP contribution in [0.5, 0.6) is 0 Å². The van der Waals surface area contributed by atoms with Crippen molar-refractivity contribution in [3.05, 3.63) is 28.3 Å². The SMILES string of the molecule is N#Cc1cc2cn([C@H]3C[C@H](O)[C@@H](COP(=O)(O)O)O3)c(=O)nc2nc1N. The first-order valence-corrected chi connectivity index (χ1v) is 8.84. The lowest BCUT2D eigenvalue weighted by Gasteiger charge is -2.16. The second kappa shape index (κ2) is 6.73. The number of aliphatic hydroxyl groups excluding tert-OH is 1. The van der Waals surface area contributed by atoms with Crippen LogP contribution in [0.1, 0.15) is 18.2 Å². The van der Waals surface area contributed by atoms with E-state index in [2.05, 4.69) is 14.5 Å². The molecule has 3 rings (SSSR count). The number of nitriles is 1. The molecule has 2 aromatic rings. The maximum atomic E-state index is 12.2. The number of aliphatic hydroxyl groups is 1. The molecule has 0 aliphatic carbocycles. The van der Waals surface area contributed by atoms with Crippen LogP contribution in [-0.4, -0.2) is 48.2 Å². The molecule has 1 saturated heterocycles. The Hall–Kier alpha value is -2.39. The average molecular weight is 383 g/mol. The normalized spacial score (nSPS) is 23.2. The van der Waals surface area contributed by atoms with Crippen molar-refractivity contribution in [1.29, 1.82) is 5.26 Å². The molecule has 0 radical (unpaired) electrons. The Morgan fingerprint density at radius 2 is 2.23 bits per heavy atom. The zero-order valence-electron chi connectivity index (χ0n) is 13.1. The van der Waals surface area contributed by atoms with Crippen LogP contribution in [-0.2, 0) is 13.8 Å². The lowest BCUT2D eigenvalue weighted by Crippen LogP contribution is -2.28. The van der Waals surface area contributed by atoms with Gasteiger partial charge in [0.15, 0.2) is 5.65 Å². The maximum Gasteiger partial charge on any atom is 0.469 e. The molecule has 1 aliphatic rings. The molecule has 0 unspecified atom stereocenters. The van der Waals surface area contributed by atoms with Crippen molar-refractivity contribution < 1.29 is 28.7 Å². The van der Waals surface area contributed by atoms with E-state index in [1.165, 1.54) is 12.3 Å². The molecular formula is C13H14N5O7P. The number of hydrogen-bond donors (Lipinski definition) is 4. The van der Waals surface area contributed by atoms with Crippen molar-refractivity contribution in [3.63, 3.8) is 0 Å². The van der Waals surface area contributed by atoms with Gasteiger partial charge in [-0.15, -0.1) is 0 Å². The number of fused-ring (bicyclic) bond motifs is 1. The third kappa shape index (κ3) is 3.73. The summed E-state index contributed by atoms with van der Waals surface area (Å²) in [7, 11) is -4.72. The topological polar surface area (TPSA) is 194 Å². The Morgan fingerprint density at radius 3 is 2.88 bits per heavy atom. The van der Waals surface area contributed by atoms with Crippen LogP contribution in [0.15, 0.2) is 17.1 Å². The highest BCUT2D eigenvalue weighted by Gasteiger charge is 2.37. The van der Waals surface area contributed by atoms with Gasteiger partial charge < -0.3 is 25.4 Å². The van der Waals surface area contributed by atoms with E-state index >= 15 is 0 Å². The largest absolute Gasteiger partial charge is 0.469 e. The van der Waals surface area contributed by atoms with E-state index in [0.29, 0.717) is 5.39 Å². The number of pyridine rings is 1. The van der Waals surface area contributed by atoms with Crippen LogP contribution < -0.4 is 11.4 Å². The second-order valence-electron chi connectivity index (χ2n) is 5.60. The van der Waals surface area contributed by atoms with Gasteiger partial charge in [0.2, 0.25) is 0 Å². The van der Waals surface area contributed by atoms with E-state index < -0.39 is 38.6 Å². The summed E-state index contributed by atoms with van der Waals surface area (Å²) in [5.74, 6) is -0.0492. The number of anilines is 1. The van der Waals surface area contributed by atoms with Crippen molar-refractivity contribution in [2.75, 3.05) is 12.3 Å². The van der Waals surface area contributed by atoms with Gasteiger partial charge in [0.1, 0.15) is 24.2 Å². The van der Waals surface area contributed by atoms with Gasteiger partial charge in [-0.05, 0) is 6.07 Å². The Morgan fingerprint density at radius 1 is 1.50 bits per heavy atom. The van der Waals surface area contributed by atoms with Crippen LogP contribution in [0.4, 0.5) is 5.82 Å². The fourth-order valence-electron chi connectivity index (χ4n) is 2.57. The van der Waals surface area contributed by atoms with E-state index in [9.17, 15) is 14.5 Å². The van der Waals surface area contributed by atoms with Crippen molar-refractivity contribution in [3.8, 4) is 6.07 Å². The third-order valence-electron chi connectivity index (χ3n) is 3.80. The Balaban J connectivity index is 1.90.